The summed E-state index contributed by atoms with van der Waals surface area (Å²) in [7, 11) is 0. The van der Waals surface area contributed by atoms with E-state index < -0.39 is 0 Å². The molecule has 21 heavy (non-hydrogen) atoms. The fourth-order valence-corrected chi connectivity index (χ4v) is 2.43. The summed E-state index contributed by atoms with van der Waals surface area (Å²) in [6.07, 6.45) is 0. The highest BCUT2D eigenvalue weighted by molar-refractivity contribution is 5.92. The van der Waals surface area contributed by atoms with Crippen LogP contribution in [0.25, 0.3) is 0 Å². The van der Waals surface area contributed by atoms with E-state index in [1.807, 2.05) is 0 Å². The van der Waals surface area contributed by atoms with E-state index in [4.69, 9.17) is 5.26 Å². The number of nitrogens with one attached hydrogen (secondary N) is 2. The number of rotatable bonds is 3. The quantitative estimate of drug-likeness (QED) is 0.767. The summed E-state index contributed by atoms with van der Waals surface area (Å²) >= 11 is 0. The van der Waals surface area contributed by atoms with Crippen LogP contribution < -0.4 is 10.2 Å². The van der Waals surface area contributed by atoms with Crippen LogP contribution >= 0.6 is 0 Å². The molecule has 0 radical (unpaired) electrons. The van der Waals surface area contributed by atoms with Crippen LogP contribution in [-0.4, -0.2) is 49.4 Å². The molecule has 0 saturated carbocycles. The Hall–Kier alpha value is -2.39. The number of para-hydroxylation sites is 1. The van der Waals surface area contributed by atoms with Crippen molar-refractivity contribution in [2.75, 3.05) is 38.0 Å². The highest BCUT2D eigenvalue weighted by atomic mass is 16.2. The van der Waals surface area contributed by atoms with Crippen LogP contribution in [0, 0.1) is 11.3 Å². The van der Waals surface area contributed by atoms with Crippen molar-refractivity contribution >= 4 is 17.5 Å². The summed E-state index contributed by atoms with van der Waals surface area (Å²) in [6.45, 7) is 4.83. The minimum Gasteiger partial charge on any atom is -0.332 e. The first kappa shape index (κ1) is 15.0. The average Bonchev–Trinajstić information content (AvgIpc) is 2.48. The van der Waals surface area contributed by atoms with E-state index >= 15 is 0 Å². The van der Waals surface area contributed by atoms with E-state index in [9.17, 15) is 9.59 Å². The monoisotopic (exact) mass is 287 g/mol. The number of carbonyl (C=O) groups excluding carboxylic acids is 2. The largest absolute Gasteiger partial charge is 0.332 e. The van der Waals surface area contributed by atoms with E-state index in [0.29, 0.717) is 30.9 Å². The van der Waals surface area contributed by atoms with Crippen molar-refractivity contribution < 1.29 is 14.5 Å². The smallest absolute Gasteiger partial charge is 0.279 e. The van der Waals surface area contributed by atoms with Gasteiger partial charge >= 0.3 is 0 Å². The van der Waals surface area contributed by atoms with Gasteiger partial charge in [0.25, 0.3) is 5.91 Å². The van der Waals surface area contributed by atoms with Gasteiger partial charge in [0, 0.05) is 6.92 Å². The maximum atomic E-state index is 12.0. The van der Waals surface area contributed by atoms with Crippen molar-refractivity contribution in [1.82, 2.24) is 4.90 Å². The minimum atomic E-state index is -0.107. The molecule has 6 nitrogen and oxygen atoms in total. The third kappa shape index (κ3) is 4.04. The van der Waals surface area contributed by atoms with Gasteiger partial charge in [0.15, 0.2) is 6.54 Å². The second-order valence-corrected chi connectivity index (χ2v) is 5.14. The minimum absolute atomic E-state index is 0.0847. The molecule has 1 saturated heterocycles. The molecule has 1 aliphatic rings. The maximum absolute atomic E-state index is 12.0. The van der Waals surface area contributed by atoms with Gasteiger partial charge in [-0.15, -0.1) is 0 Å². The molecule has 2 N–H and O–H groups in total. The van der Waals surface area contributed by atoms with Gasteiger partial charge < -0.3 is 15.1 Å². The number of quaternary nitrogens is 1. The second-order valence-electron chi connectivity index (χ2n) is 5.14. The lowest BCUT2D eigenvalue weighted by Crippen LogP contribution is -3.15. The molecule has 2 rings (SSSR count). The molecule has 1 aromatic rings. The number of amides is 2. The summed E-state index contributed by atoms with van der Waals surface area (Å²) in [5.74, 6) is -0.0228. The predicted octanol–water partition coefficient (Wildman–Crippen LogP) is -0.756. The second kappa shape index (κ2) is 6.86. The first-order valence-electron chi connectivity index (χ1n) is 6.98. The molecule has 6 heteroatoms. The Morgan fingerprint density at radius 1 is 1.33 bits per heavy atom. The van der Waals surface area contributed by atoms with Gasteiger partial charge in [-0.2, -0.15) is 5.26 Å². The molecule has 0 aliphatic carbocycles. The van der Waals surface area contributed by atoms with Gasteiger partial charge in [-0.05, 0) is 12.1 Å². The Bertz CT molecular complexity index is 571. The summed E-state index contributed by atoms with van der Waals surface area (Å²) < 4.78 is 0. The lowest BCUT2D eigenvalue weighted by atomic mass is 10.2. The molecule has 0 aromatic heterocycles. The standard InChI is InChI=1S/C15H18N4O2/c1-12(20)19-8-6-18(7-9-19)11-15(21)17-14-5-3-2-4-13(14)10-16/h2-5H,6-9,11H2,1H3,(H,17,21)/p+1. The zero-order chi connectivity index (χ0) is 15.2. The van der Waals surface area contributed by atoms with Crippen molar-refractivity contribution in [3.05, 3.63) is 29.8 Å². The van der Waals surface area contributed by atoms with Crippen molar-refractivity contribution in [2.45, 2.75) is 6.92 Å². The Balaban J connectivity index is 1.86. The molecule has 1 aliphatic heterocycles. The summed E-state index contributed by atoms with van der Waals surface area (Å²) in [5.41, 5.74) is 1.01. The maximum Gasteiger partial charge on any atom is 0.279 e. The molecule has 1 heterocycles. The molecule has 110 valence electrons. The van der Waals surface area contributed by atoms with Crippen LogP contribution in [0.3, 0.4) is 0 Å². The van der Waals surface area contributed by atoms with Gasteiger partial charge in [-0.1, -0.05) is 12.1 Å². The number of benzene rings is 1. The molecule has 0 atom stereocenters. The summed E-state index contributed by atoms with van der Waals surface area (Å²) in [5, 5.41) is 11.8. The number of hydrogen-bond acceptors (Lipinski definition) is 3. The van der Waals surface area contributed by atoms with Gasteiger partial charge in [0.05, 0.1) is 37.4 Å². The van der Waals surface area contributed by atoms with Crippen LogP contribution in [0.4, 0.5) is 5.69 Å². The van der Waals surface area contributed by atoms with E-state index in [1.54, 1.807) is 36.1 Å². The first-order chi connectivity index (χ1) is 10.1. The number of nitrogens with zero attached hydrogens (tertiary/aromatic N) is 2. The summed E-state index contributed by atoms with van der Waals surface area (Å²) in [4.78, 5) is 26.2. The van der Waals surface area contributed by atoms with Gasteiger partial charge in [0.2, 0.25) is 5.91 Å². The SMILES string of the molecule is CC(=O)N1CC[NH+](CC(=O)Nc2ccccc2C#N)CC1. The topological polar surface area (TPSA) is 77.6 Å². The number of carbonyl (C=O) groups is 2. The van der Waals surface area contributed by atoms with Gasteiger partial charge in [-0.3, -0.25) is 9.59 Å². The lowest BCUT2D eigenvalue weighted by Gasteiger charge is -2.31. The van der Waals surface area contributed by atoms with Crippen LogP contribution in [0.15, 0.2) is 24.3 Å². The fraction of sp³-hybridized carbons (Fsp3) is 0.400. The Morgan fingerprint density at radius 3 is 2.62 bits per heavy atom. The van der Waals surface area contributed by atoms with Crippen LogP contribution in [0.2, 0.25) is 0 Å². The first-order valence-corrected chi connectivity index (χ1v) is 6.98. The third-order valence-electron chi connectivity index (χ3n) is 3.65. The van der Waals surface area contributed by atoms with Gasteiger partial charge in [-0.25, -0.2) is 0 Å². The molecule has 0 spiro atoms. The van der Waals surface area contributed by atoms with Crippen molar-refractivity contribution in [3.8, 4) is 6.07 Å². The molecular formula is C15H19N4O2+. The molecule has 0 unspecified atom stereocenters. The predicted molar refractivity (Wildman–Crippen MR) is 77.6 cm³/mol. The highest BCUT2D eigenvalue weighted by Gasteiger charge is 2.23. The van der Waals surface area contributed by atoms with Crippen LogP contribution in [-0.2, 0) is 9.59 Å². The Labute approximate surface area is 123 Å². The number of hydrogen-bond donors (Lipinski definition) is 2. The number of nitriles is 1. The Morgan fingerprint density at radius 2 is 2.00 bits per heavy atom. The highest BCUT2D eigenvalue weighted by Crippen LogP contribution is 2.12. The number of piperazine rings is 1. The average molecular weight is 287 g/mol. The Kier molecular flexibility index (Phi) is 4.90. The van der Waals surface area contributed by atoms with Crippen molar-refractivity contribution in [1.29, 1.82) is 5.26 Å². The van der Waals surface area contributed by atoms with E-state index in [1.165, 1.54) is 0 Å². The molecule has 1 aromatic carbocycles. The van der Waals surface area contributed by atoms with Gasteiger partial charge in [0.1, 0.15) is 6.07 Å². The zero-order valence-electron chi connectivity index (χ0n) is 12.1. The van der Waals surface area contributed by atoms with Crippen LogP contribution in [0.5, 0.6) is 0 Å². The molecule has 2 amide bonds. The zero-order valence-corrected chi connectivity index (χ0v) is 12.1. The molecule has 1 fully saturated rings. The molecule has 0 bridgehead atoms. The number of anilines is 1. The fourth-order valence-electron chi connectivity index (χ4n) is 2.43. The summed E-state index contributed by atoms with van der Waals surface area (Å²) in [6, 6.07) is 9.00. The third-order valence-corrected chi connectivity index (χ3v) is 3.65. The lowest BCUT2D eigenvalue weighted by molar-refractivity contribution is -0.895. The van der Waals surface area contributed by atoms with Crippen molar-refractivity contribution in [3.63, 3.8) is 0 Å². The van der Waals surface area contributed by atoms with E-state index in [0.717, 1.165) is 18.0 Å². The normalized spacial score (nSPS) is 15.3. The molecular weight excluding hydrogens is 268 g/mol. The van der Waals surface area contributed by atoms with Crippen molar-refractivity contribution in [2.24, 2.45) is 0 Å². The van der Waals surface area contributed by atoms with E-state index in [-0.39, 0.29) is 11.8 Å². The van der Waals surface area contributed by atoms with E-state index in [2.05, 4.69) is 11.4 Å². The van der Waals surface area contributed by atoms with Crippen LogP contribution in [0.1, 0.15) is 12.5 Å².